The summed E-state index contributed by atoms with van der Waals surface area (Å²) in [5.41, 5.74) is 6.55. The minimum Gasteiger partial charge on any atom is -0.493 e. The first kappa shape index (κ1) is 13.8. The number of nitrogens with two attached hydrogens (primary N) is 1. The molecule has 0 bridgehead atoms. The number of hydrogen-bond acceptors (Lipinski definition) is 4. The Kier molecular flexibility index (Phi) is 3.87. The molecule has 0 saturated heterocycles. The van der Waals surface area contributed by atoms with Crippen molar-refractivity contribution in [3.63, 3.8) is 0 Å². The van der Waals surface area contributed by atoms with Gasteiger partial charge >= 0.3 is 0 Å². The van der Waals surface area contributed by atoms with E-state index in [9.17, 15) is 15.2 Å². The van der Waals surface area contributed by atoms with Crippen LogP contribution in [0.2, 0.25) is 0 Å². The molecule has 102 valence electrons. The number of aromatic hydroxyl groups is 1. The number of nitriles is 1. The lowest BCUT2D eigenvalue weighted by atomic mass is 10.0. The van der Waals surface area contributed by atoms with Crippen LogP contribution < -0.4 is 11.3 Å². The molecule has 1 aromatic carbocycles. The third-order valence-electron chi connectivity index (χ3n) is 3.17. The van der Waals surface area contributed by atoms with Gasteiger partial charge in [0.2, 0.25) is 5.88 Å². The highest BCUT2D eigenvalue weighted by Crippen LogP contribution is 2.28. The maximum absolute atomic E-state index is 12.1. The van der Waals surface area contributed by atoms with Gasteiger partial charge < -0.3 is 10.8 Å². The Morgan fingerprint density at radius 1 is 1.40 bits per heavy atom. The van der Waals surface area contributed by atoms with Crippen LogP contribution in [0.15, 0.2) is 41.2 Å². The minimum absolute atomic E-state index is 0.0553. The second-order valence-corrected chi connectivity index (χ2v) is 4.42. The lowest BCUT2D eigenvalue weighted by Crippen LogP contribution is -2.29. The quantitative estimate of drug-likeness (QED) is 0.890. The van der Waals surface area contributed by atoms with Crippen LogP contribution in [-0.2, 0) is 0 Å². The maximum atomic E-state index is 12.1. The molecule has 0 radical (unpaired) electrons. The van der Waals surface area contributed by atoms with E-state index in [1.54, 1.807) is 31.2 Å². The number of benzene rings is 1. The number of hydrogen-bond donors (Lipinski definition) is 2. The van der Waals surface area contributed by atoms with E-state index >= 15 is 0 Å². The minimum atomic E-state index is -0.653. The lowest BCUT2D eigenvalue weighted by Gasteiger charge is -2.17. The Labute approximate surface area is 116 Å². The van der Waals surface area contributed by atoms with Gasteiger partial charge in [0.1, 0.15) is 11.6 Å². The lowest BCUT2D eigenvalue weighted by molar-refractivity contribution is 0.365. The number of rotatable bonds is 3. The fourth-order valence-electron chi connectivity index (χ4n) is 2.07. The van der Waals surface area contributed by atoms with Crippen molar-refractivity contribution in [3.05, 3.63) is 52.3 Å². The molecule has 2 rings (SSSR count). The van der Waals surface area contributed by atoms with Crippen LogP contribution >= 0.6 is 0 Å². The normalized spacial score (nSPS) is 11.8. The van der Waals surface area contributed by atoms with E-state index in [-0.39, 0.29) is 11.4 Å². The third kappa shape index (κ3) is 2.29. The van der Waals surface area contributed by atoms with Gasteiger partial charge in [-0.15, -0.1) is 0 Å². The van der Waals surface area contributed by atoms with E-state index in [0.717, 1.165) is 4.57 Å². The van der Waals surface area contributed by atoms with Crippen LogP contribution in [-0.4, -0.2) is 9.67 Å². The van der Waals surface area contributed by atoms with Crippen molar-refractivity contribution >= 4 is 0 Å². The topological polar surface area (TPSA) is 92.0 Å². The first-order valence-corrected chi connectivity index (χ1v) is 6.29. The molecule has 0 fully saturated rings. The van der Waals surface area contributed by atoms with Gasteiger partial charge in [0.25, 0.3) is 5.56 Å². The summed E-state index contributed by atoms with van der Waals surface area (Å²) in [6.45, 7) is 1.80. The van der Waals surface area contributed by atoms with Crippen molar-refractivity contribution in [2.75, 3.05) is 0 Å². The molecule has 1 atom stereocenters. The van der Waals surface area contributed by atoms with E-state index in [4.69, 9.17) is 5.73 Å². The van der Waals surface area contributed by atoms with Crippen molar-refractivity contribution in [1.29, 1.82) is 5.26 Å². The van der Waals surface area contributed by atoms with Crippen molar-refractivity contribution in [3.8, 4) is 23.1 Å². The van der Waals surface area contributed by atoms with E-state index < -0.39 is 11.7 Å². The number of aromatic nitrogens is 1. The second kappa shape index (κ2) is 5.59. The molecule has 0 aliphatic carbocycles. The largest absolute Gasteiger partial charge is 0.493 e. The first-order valence-electron chi connectivity index (χ1n) is 6.29. The fourth-order valence-corrected chi connectivity index (χ4v) is 2.07. The number of pyridine rings is 1. The molecule has 0 amide bonds. The molecule has 1 heterocycles. The van der Waals surface area contributed by atoms with E-state index in [0.29, 0.717) is 17.5 Å². The van der Waals surface area contributed by atoms with Crippen molar-refractivity contribution < 1.29 is 5.11 Å². The predicted molar refractivity (Wildman–Crippen MR) is 76.0 cm³/mol. The summed E-state index contributed by atoms with van der Waals surface area (Å²) in [6, 6.07) is 12.3. The van der Waals surface area contributed by atoms with Gasteiger partial charge in [-0.3, -0.25) is 9.36 Å². The summed E-state index contributed by atoms with van der Waals surface area (Å²) in [4.78, 5) is 12.1. The Balaban J connectivity index is 2.75. The van der Waals surface area contributed by atoms with Gasteiger partial charge in [-0.25, -0.2) is 0 Å². The molecule has 1 aromatic heterocycles. The van der Waals surface area contributed by atoms with Crippen LogP contribution in [0.25, 0.3) is 11.1 Å². The van der Waals surface area contributed by atoms with Crippen molar-refractivity contribution in [1.82, 2.24) is 4.57 Å². The summed E-state index contributed by atoms with van der Waals surface area (Å²) >= 11 is 0. The van der Waals surface area contributed by atoms with Crippen LogP contribution in [0.3, 0.4) is 0 Å². The molecule has 0 aliphatic rings. The SMILES string of the molecule is CCC(N)n1c(O)c(C#N)c(-c2ccccc2)cc1=O. The molecule has 1 unspecified atom stereocenters. The average molecular weight is 269 g/mol. The summed E-state index contributed by atoms with van der Waals surface area (Å²) in [5, 5.41) is 19.4. The van der Waals surface area contributed by atoms with Gasteiger partial charge in [0.05, 0.1) is 6.17 Å². The predicted octanol–water partition coefficient (Wildman–Crippen LogP) is 1.96. The van der Waals surface area contributed by atoms with Crippen molar-refractivity contribution in [2.45, 2.75) is 19.5 Å². The zero-order chi connectivity index (χ0) is 14.7. The molecule has 20 heavy (non-hydrogen) atoms. The van der Waals surface area contributed by atoms with Gasteiger partial charge in [0.15, 0.2) is 0 Å². The summed E-state index contributed by atoms with van der Waals surface area (Å²) < 4.78 is 1.05. The molecular weight excluding hydrogens is 254 g/mol. The highest BCUT2D eigenvalue weighted by Gasteiger charge is 2.18. The molecular formula is C15H15N3O2. The van der Waals surface area contributed by atoms with Gasteiger partial charge in [0, 0.05) is 11.6 Å². The Hall–Kier alpha value is -2.58. The third-order valence-corrected chi connectivity index (χ3v) is 3.17. The maximum Gasteiger partial charge on any atom is 0.255 e. The summed E-state index contributed by atoms with van der Waals surface area (Å²) in [5.74, 6) is -0.381. The molecule has 0 saturated carbocycles. The Morgan fingerprint density at radius 2 is 2.05 bits per heavy atom. The van der Waals surface area contributed by atoms with E-state index in [1.165, 1.54) is 6.07 Å². The van der Waals surface area contributed by atoms with Crippen LogP contribution in [0.4, 0.5) is 0 Å². The van der Waals surface area contributed by atoms with E-state index in [1.807, 2.05) is 12.1 Å². The highest BCUT2D eigenvalue weighted by atomic mass is 16.3. The van der Waals surface area contributed by atoms with Crippen LogP contribution in [0.5, 0.6) is 5.88 Å². The van der Waals surface area contributed by atoms with Crippen molar-refractivity contribution in [2.24, 2.45) is 5.73 Å². The second-order valence-electron chi connectivity index (χ2n) is 4.42. The molecule has 2 aromatic rings. The molecule has 5 heteroatoms. The Morgan fingerprint density at radius 3 is 2.60 bits per heavy atom. The zero-order valence-corrected chi connectivity index (χ0v) is 11.1. The van der Waals surface area contributed by atoms with Crippen LogP contribution in [0.1, 0.15) is 25.1 Å². The van der Waals surface area contributed by atoms with Crippen LogP contribution in [0, 0.1) is 11.3 Å². The molecule has 5 nitrogen and oxygen atoms in total. The number of nitrogens with zero attached hydrogens (tertiary/aromatic N) is 2. The highest BCUT2D eigenvalue weighted by molar-refractivity contribution is 5.72. The first-order chi connectivity index (χ1) is 9.60. The average Bonchev–Trinajstić information content (AvgIpc) is 2.47. The summed E-state index contributed by atoms with van der Waals surface area (Å²) in [6.07, 6.45) is -0.178. The fraction of sp³-hybridized carbons (Fsp3) is 0.200. The summed E-state index contributed by atoms with van der Waals surface area (Å²) in [7, 11) is 0. The standard InChI is InChI=1S/C15H15N3O2/c1-2-13(17)18-14(19)8-11(12(9-16)15(18)20)10-6-4-3-5-7-10/h3-8,13,20H,2,17H2,1H3. The van der Waals surface area contributed by atoms with E-state index in [2.05, 4.69) is 0 Å². The molecule has 0 spiro atoms. The molecule has 3 N–H and O–H groups in total. The molecule has 0 aliphatic heterocycles. The zero-order valence-electron chi connectivity index (χ0n) is 11.1. The van der Waals surface area contributed by atoms with Gasteiger partial charge in [-0.1, -0.05) is 37.3 Å². The smallest absolute Gasteiger partial charge is 0.255 e. The van der Waals surface area contributed by atoms with Gasteiger partial charge in [-0.2, -0.15) is 5.26 Å². The monoisotopic (exact) mass is 269 g/mol. The van der Waals surface area contributed by atoms with Gasteiger partial charge in [-0.05, 0) is 12.0 Å². The Bertz CT molecular complexity index is 714.